The van der Waals surface area contributed by atoms with E-state index in [1.165, 1.54) is 25.7 Å². The second-order valence-electron chi connectivity index (χ2n) is 5.89. The quantitative estimate of drug-likeness (QED) is 0.821. The number of anilines is 1. The van der Waals surface area contributed by atoms with Gasteiger partial charge in [-0.3, -0.25) is 0 Å². The molecule has 0 amide bonds. The minimum atomic E-state index is 0.532. The Morgan fingerprint density at radius 3 is 2.38 bits per heavy atom. The van der Waals surface area contributed by atoms with Gasteiger partial charge in [0.05, 0.1) is 20.3 Å². The molecule has 0 aromatic carbocycles. The third-order valence-electron chi connectivity index (χ3n) is 4.15. The summed E-state index contributed by atoms with van der Waals surface area (Å²) < 4.78 is 10.5. The monoisotopic (exact) mass is 292 g/mol. The van der Waals surface area contributed by atoms with Gasteiger partial charge in [0.25, 0.3) is 0 Å². The lowest BCUT2D eigenvalue weighted by Crippen LogP contribution is -2.39. The molecule has 116 valence electrons. The van der Waals surface area contributed by atoms with Crippen LogP contribution < -0.4 is 19.7 Å². The van der Waals surface area contributed by atoms with Gasteiger partial charge in [-0.15, -0.1) is 0 Å². The van der Waals surface area contributed by atoms with E-state index in [2.05, 4.69) is 20.2 Å². The van der Waals surface area contributed by atoms with Gasteiger partial charge in [-0.2, -0.15) is 9.97 Å². The largest absolute Gasteiger partial charge is 0.481 e. The fourth-order valence-corrected chi connectivity index (χ4v) is 2.77. The molecule has 1 atom stereocenters. The molecule has 0 radical (unpaired) electrons. The molecule has 0 spiro atoms. The summed E-state index contributed by atoms with van der Waals surface area (Å²) in [6, 6.07) is 2.25. The Morgan fingerprint density at radius 2 is 1.86 bits per heavy atom. The van der Waals surface area contributed by atoms with Gasteiger partial charge < -0.3 is 19.7 Å². The zero-order valence-electron chi connectivity index (χ0n) is 12.8. The first-order valence-corrected chi connectivity index (χ1v) is 7.74. The second-order valence-corrected chi connectivity index (χ2v) is 5.89. The zero-order valence-corrected chi connectivity index (χ0v) is 12.8. The van der Waals surface area contributed by atoms with Crippen LogP contribution in [-0.2, 0) is 0 Å². The lowest BCUT2D eigenvalue weighted by atomic mass is 10.2. The van der Waals surface area contributed by atoms with Gasteiger partial charge in [0.1, 0.15) is 0 Å². The van der Waals surface area contributed by atoms with Crippen molar-refractivity contribution in [2.45, 2.75) is 31.7 Å². The highest BCUT2D eigenvalue weighted by Gasteiger charge is 2.28. The van der Waals surface area contributed by atoms with Crippen LogP contribution in [-0.4, -0.2) is 49.9 Å². The molecule has 6 nitrogen and oxygen atoms in total. The van der Waals surface area contributed by atoms with Crippen molar-refractivity contribution in [2.24, 2.45) is 5.92 Å². The van der Waals surface area contributed by atoms with Crippen LogP contribution in [0.3, 0.4) is 0 Å². The number of nitrogens with zero attached hydrogens (tertiary/aromatic N) is 3. The van der Waals surface area contributed by atoms with Crippen molar-refractivity contribution >= 4 is 5.95 Å². The molecule has 1 aromatic rings. The standard InChI is InChI=1S/C15H24N4O2/c1-20-13-8-14(21-2)18-15(17-13)19(9-11-5-6-11)10-12-4-3-7-16-12/h8,11-12,16H,3-7,9-10H2,1-2H3. The SMILES string of the molecule is COc1cc(OC)nc(N(CC2CC2)CC2CCCN2)n1. The van der Waals surface area contributed by atoms with Gasteiger partial charge in [0.15, 0.2) is 0 Å². The Labute approximate surface area is 125 Å². The molecule has 1 unspecified atom stereocenters. The van der Waals surface area contributed by atoms with E-state index in [4.69, 9.17) is 9.47 Å². The maximum atomic E-state index is 5.26. The van der Waals surface area contributed by atoms with Gasteiger partial charge in [-0.1, -0.05) is 0 Å². The van der Waals surface area contributed by atoms with Gasteiger partial charge in [-0.05, 0) is 38.1 Å². The topological polar surface area (TPSA) is 59.5 Å². The molecule has 1 saturated heterocycles. The predicted octanol–water partition coefficient (Wildman–Crippen LogP) is 1.46. The van der Waals surface area contributed by atoms with E-state index in [1.54, 1.807) is 20.3 Å². The summed E-state index contributed by atoms with van der Waals surface area (Å²) in [5.74, 6) is 2.60. The Bertz CT molecular complexity index is 450. The molecule has 0 bridgehead atoms. The predicted molar refractivity (Wildman–Crippen MR) is 81.1 cm³/mol. The number of nitrogens with one attached hydrogen (secondary N) is 1. The highest BCUT2D eigenvalue weighted by molar-refractivity contribution is 5.37. The van der Waals surface area contributed by atoms with Crippen molar-refractivity contribution in [3.8, 4) is 11.8 Å². The number of hydrogen-bond acceptors (Lipinski definition) is 6. The second kappa shape index (κ2) is 6.47. The van der Waals surface area contributed by atoms with Crippen LogP contribution in [0.15, 0.2) is 6.07 Å². The molecule has 2 aliphatic rings. The summed E-state index contributed by atoms with van der Waals surface area (Å²) in [4.78, 5) is 11.3. The third kappa shape index (κ3) is 3.75. The van der Waals surface area contributed by atoms with Crippen molar-refractivity contribution < 1.29 is 9.47 Å². The molecular formula is C15H24N4O2. The van der Waals surface area contributed by atoms with E-state index in [0.717, 1.165) is 25.6 Å². The van der Waals surface area contributed by atoms with Crippen molar-refractivity contribution in [1.29, 1.82) is 0 Å². The van der Waals surface area contributed by atoms with Crippen molar-refractivity contribution in [1.82, 2.24) is 15.3 Å². The van der Waals surface area contributed by atoms with Gasteiger partial charge in [0.2, 0.25) is 17.7 Å². The minimum absolute atomic E-state index is 0.532. The van der Waals surface area contributed by atoms with Crippen LogP contribution in [0.25, 0.3) is 0 Å². The lowest BCUT2D eigenvalue weighted by molar-refractivity contribution is 0.371. The Morgan fingerprint density at radius 1 is 1.14 bits per heavy atom. The molecule has 6 heteroatoms. The fraction of sp³-hybridized carbons (Fsp3) is 0.733. The maximum Gasteiger partial charge on any atom is 0.232 e. The van der Waals surface area contributed by atoms with E-state index in [0.29, 0.717) is 23.8 Å². The average molecular weight is 292 g/mol. The number of ether oxygens (including phenoxy) is 2. The molecule has 1 saturated carbocycles. The Kier molecular flexibility index (Phi) is 4.43. The lowest BCUT2D eigenvalue weighted by Gasteiger charge is -2.26. The molecule has 1 aliphatic heterocycles. The highest BCUT2D eigenvalue weighted by atomic mass is 16.5. The Hall–Kier alpha value is -1.56. The van der Waals surface area contributed by atoms with E-state index in [1.807, 2.05) is 0 Å². The van der Waals surface area contributed by atoms with E-state index in [-0.39, 0.29) is 0 Å². The van der Waals surface area contributed by atoms with Gasteiger partial charge in [0, 0.05) is 19.1 Å². The third-order valence-corrected chi connectivity index (χ3v) is 4.15. The van der Waals surface area contributed by atoms with Crippen LogP contribution >= 0.6 is 0 Å². The first kappa shape index (κ1) is 14.4. The van der Waals surface area contributed by atoms with Crippen molar-refractivity contribution in [2.75, 3.05) is 38.8 Å². The molecule has 21 heavy (non-hydrogen) atoms. The van der Waals surface area contributed by atoms with Crippen molar-refractivity contribution in [3.63, 3.8) is 0 Å². The van der Waals surface area contributed by atoms with Crippen LogP contribution in [0.5, 0.6) is 11.8 Å². The molecule has 1 aliphatic carbocycles. The number of rotatable bonds is 7. The number of methoxy groups -OCH3 is 2. The summed E-state index contributed by atoms with van der Waals surface area (Å²) >= 11 is 0. The van der Waals surface area contributed by atoms with Gasteiger partial charge in [-0.25, -0.2) is 0 Å². The summed E-state index contributed by atoms with van der Waals surface area (Å²) in [6.45, 7) is 3.09. The zero-order chi connectivity index (χ0) is 14.7. The normalized spacial score (nSPS) is 21.3. The molecule has 2 fully saturated rings. The smallest absolute Gasteiger partial charge is 0.232 e. The summed E-state index contributed by atoms with van der Waals surface area (Å²) in [7, 11) is 3.24. The highest BCUT2D eigenvalue weighted by Crippen LogP contribution is 2.32. The van der Waals surface area contributed by atoms with E-state index in [9.17, 15) is 0 Å². The van der Waals surface area contributed by atoms with E-state index >= 15 is 0 Å². The molecule has 1 N–H and O–H groups in total. The average Bonchev–Trinajstić information content (AvgIpc) is 3.19. The molecular weight excluding hydrogens is 268 g/mol. The summed E-state index contributed by atoms with van der Waals surface area (Å²) in [6.07, 6.45) is 5.11. The van der Waals surface area contributed by atoms with Crippen LogP contribution in [0.2, 0.25) is 0 Å². The first-order valence-electron chi connectivity index (χ1n) is 7.74. The van der Waals surface area contributed by atoms with E-state index < -0.39 is 0 Å². The summed E-state index contributed by atoms with van der Waals surface area (Å²) in [5.41, 5.74) is 0. The van der Waals surface area contributed by atoms with Crippen LogP contribution in [0.1, 0.15) is 25.7 Å². The number of aromatic nitrogens is 2. The minimum Gasteiger partial charge on any atom is -0.481 e. The van der Waals surface area contributed by atoms with Gasteiger partial charge >= 0.3 is 0 Å². The Balaban J connectivity index is 1.79. The molecule has 3 rings (SSSR count). The molecule has 1 aromatic heterocycles. The summed E-state index contributed by atoms with van der Waals surface area (Å²) in [5, 5.41) is 3.55. The maximum absolute atomic E-state index is 5.26. The van der Waals surface area contributed by atoms with Crippen LogP contribution in [0.4, 0.5) is 5.95 Å². The number of hydrogen-bond donors (Lipinski definition) is 1. The first-order chi connectivity index (χ1) is 10.3. The van der Waals surface area contributed by atoms with Crippen molar-refractivity contribution in [3.05, 3.63) is 6.07 Å². The fourth-order valence-electron chi connectivity index (χ4n) is 2.77. The van der Waals surface area contributed by atoms with Crippen LogP contribution in [0, 0.1) is 5.92 Å². The molecule has 2 heterocycles.